The van der Waals surface area contributed by atoms with E-state index in [-0.39, 0.29) is 38.4 Å². The van der Waals surface area contributed by atoms with Gasteiger partial charge in [-0.2, -0.15) is 26.3 Å². The van der Waals surface area contributed by atoms with Gasteiger partial charge in [0.25, 0.3) is 0 Å². The molecule has 1 aromatic rings. The number of carbonyl (C=O) groups excluding carboxylic acids is 1. The van der Waals surface area contributed by atoms with Gasteiger partial charge in [-0.15, -0.1) is 0 Å². The van der Waals surface area contributed by atoms with Crippen molar-refractivity contribution in [3.05, 3.63) is 34.4 Å². The van der Waals surface area contributed by atoms with Crippen molar-refractivity contribution in [3.8, 4) is 0 Å². The van der Waals surface area contributed by atoms with Crippen LogP contribution in [0.25, 0.3) is 0 Å². The van der Waals surface area contributed by atoms with E-state index < -0.39 is 65.6 Å². The molecule has 9 nitrogen and oxygen atoms in total. The maximum Gasteiger partial charge on any atom is 0.451 e. The Kier molecular flexibility index (Phi) is 8.04. The molecule has 3 heterocycles. The fourth-order valence-electron chi connectivity index (χ4n) is 4.85. The Balaban J connectivity index is 1.90. The number of carbonyl (C=O) groups is 2. The zero-order valence-electron chi connectivity index (χ0n) is 21.2. The molecule has 2 N–H and O–H groups in total. The third-order valence-corrected chi connectivity index (χ3v) is 6.37. The summed E-state index contributed by atoms with van der Waals surface area (Å²) in [4.78, 5) is 34.3. The highest BCUT2D eigenvalue weighted by atomic mass is 19.4. The number of amides is 2. The topological polar surface area (TPSA) is 110 Å². The van der Waals surface area contributed by atoms with Gasteiger partial charge < -0.3 is 15.1 Å². The first-order valence-electron chi connectivity index (χ1n) is 11.7. The van der Waals surface area contributed by atoms with Gasteiger partial charge in [-0.3, -0.25) is 14.6 Å². The summed E-state index contributed by atoms with van der Waals surface area (Å²) in [5.41, 5.74) is -2.84. The van der Waals surface area contributed by atoms with Crippen LogP contribution in [0, 0.1) is 0 Å². The van der Waals surface area contributed by atoms with E-state index in [0.29, 0.717) is 0 Å². The fraction of sp³-hybridized carbons (Fsp3) is 0.652. The number of hydrogen-bond donors (Lipinski definition) is 2. The van der Waals surface area contributed by atoms with Gasteiger partial charge in [0.15, 0.2) is 5.69 Å². The molecule has 3 rings (SSSR count). The van der Waals surface area contributed by atoms with Gasteiger partial charge >= 0.3 is 18.4 Å². The van der Waals surface area contributed by atoms with Gasteiger partial charge in [0.2, 0.25) is 11.7 Å². The third-order valence-electron chi connectivity index (χ3n) is 6.37. The highest BCUT2D eigenvalue weighted by Crippen LogP contribution is 2.37. The SMILES string of the molecule is CC1=CC(=O)N(C[C@H](CC(O)N2CCc3c(nc(C(F)(F)F)nc3C(F)(F)F)C2)N(C(=O)O)C(C)(C)C)C1. The molecule has 15 heteroatoms. The first kappa shape index (κ1) is 29.6. The molecule has 38 heavy (non-hydrogen) atoms. The van der Waals surface area contributed by atoms with Gasteiger partial charge in [0, 0.05) is 49.8 Å². The standard InChI is InChI=1S/C23H29F6N5O4/c1-12-7-16(35)33(9-12)10-13(34(20(37)38)21(2,3)4)8-17(36)32-6-5-14-15(11-32)30-19(23(27,28)29)31-18(14)22(24,25)26/h7,13,17,36H,5-6,8-11H2,1-4H3,(H,37,38)/t13-,17?/m0/s1. The van der Waals surface area contributed by atoms with Gasteiger partial charge in [0.05, 0.1) is 11.7 Å². The van der Waals surface area contributed by atoms with Crippen LogP contribution in [0.1, 0.15) is 56.9 Å². The van der Waals surface area contributed by atoms with Crippen LogP contribution >= 0.6 is 0 Å². The van der Waals surface area contributed by atoms with Gasteiger partial charge in [-0.05, 0) is 39.7 Å². The van der Waals surface area contributed by atoms with E-state index in [2.05, 4.69) is 9.97 Å². The molecule has 2 amide bonds. The predicted molar refractivity (Wildman–Crippen MR) is 121 cm³/mol. The molecule has 0 radical (unpaired) electrons. The van der Waals surface area contributed by atoms with Gasteiger partial charge in [0.1, 0.15) is 6.23 Å². The van der Waals surface area contributed by atoms with Crippen LogP contribution in [0.15, 0.2) is 11.6 Å². The molecule has 2 atom stereocenters. The van der Waals surface area contributed by atoms with Crippen LogP contribution in [0.2, 0.25) is 0 Å². The van der Waals surface area contributed by atoms with Crippen molar-refractivity contribution in [2.75, 3.05) is 19.6 Å². The van der Waals surface area contributed by atoms with Gasteiger partial charge in [-0.25, -0.2) is 14.8 Å². The van der Waals surface area contributed by atoms with Crippen LogP contribution in [-0.2, 0) is 30.1 Å². The molecule has 1 unspecified atom stereocenters. The lowest BCUT2D eigenvalue weighted by Gasteiger charge is -2.43. The van der Waals surface area contributed by atoms with Gasteiger partial charge in [-0.1, -0.05) is 0 Å². The third kappa shape index (κ3) is 6.54. The van der Waals surface area contributed by atoms with Crippen molar-refractivity contribution in [1.29, 1.82) is 0 Å². The van der Waals surface area contributed by atoms with Crippen LogP contribution in [0.5, 0.6) is 0 Å². The second kappa shape index (κ2) is 10.3. The largest absolute Gasteiger partial charge is 0.465 e. The Morgan fingerprint density at radius 2 is 1.74 bits per heavy atom. The minimum absolute atomic E-state index is 0.0731. The molecule has 0 spiro atoms. The Bertz CT molecular complexity index is 1120. The number of halogens is 6. The molecular formula is C23H29F6N5O4. The minimum atomic E-state index is -5.22. The number of aliphatic hydroxyl groups is 1. The highest BCUT2D eigenvalue weighted by Gasteiger charge is 2.44. The summed E-state index contributed by atoms with van der Waals surface area (Å²) in [5, 5.41) is 20.9. The smallest absolute Gasteiger partial charge is 0.451 e. The number of fused-ring (bicyclic) bond motifs is 1. The fourth-order valence-corrected chi connectivity index (χ4v) is 4.85. The summed E-state index contributed by atoms with van der Waals surface area (Å²) < 4.78 is 80.1. The van der Waals surface area contributed by atoms with E-state index in [0.717, 1.165) is 10.5 Å². The van der Waals surface area contributed by atoms with Crippen LogP contribution in [0.4, 0.5) is 31.1 Å². The van der Waals surface area contributed by atoms with Crippen molar-refractivity contribution in [1.82, 2.24) is 24.7 Å². The number of alkyl halides is 6. The van der Waals surface area contributed by atoms with Crippen LogP contribution in [-0.4, -0.2) is 84.3 Å². The molecule has 0 aromatic carbocycles. The van der Waals surface area contributed by atoms with E-state index in [4.69, 9.17) is 0 Å². The van der Waals surface area contributed by atoms with E-state index in [9.17, 15) is 46.1 Å². The highest BCUT2D eigenvalue weighted by molar-refractivity contribution is 5.91. The second-order valence-corrected chi connectivity index (χ2v) is 10.4. The number of aromatic nitrogens is 2. The first-order valence-corrected chi connectivity index (χ1v) is 11.7. The van der Waals surface area contributed by atoms with Crippen molar-refractivity contribution >= 4 is 12.0 Å². The summed E-state index contributed by atoms with van der Waals surface area (Å²) in [6.45, 7) is 6.10. The molecule has 0 bridgehead atoms. The summed E-state index contributed by atoms with van der Waals surface area (Å²) >= 11 is 0. The van der Waals surface area contributed by atoms with E-state index in [1.54, 1.807) is 27.7 Å². The zero-order valence-corrected chi connectivity index (χ0v) is 21.2. The average molecular weight is 554 g/mol. The Hall–Kier alpha value is -2.94. The maximum atomic E-state index is 13.5. The number of nitrogens with zero attached hydrogens (tertiary/aromatic N) is 5. The maximum absolute atomic E-state index is 13.5. The van der Waals surface area contributed by atoms with Crippen LogP contribution < -0.4 is 0 Å². The predicted octanol–water partition coefficient (Wildman–Crippen LogP) is 3.52. The summed E-state index contributed by atoms with van der Waals surface area (Å²) in [7, 11) is 0. The Morgan fingerprint density at radius 1 is 1.11 bits per heavy atom. The molecule has 2 aliphatic heterocycles. The normalized spacial score (nSPS) is 18.8. The Labute approximate surface area is 214 Å². The molecule has 0 aliphatic carbocycles. The lowest BCUT2D eigenvalue weighted by Crippen LogP contribution is -2.57. The minimum Gasteiger partial charge on any atom is -0.465 e. The van der Waals surface area contributed by atoms with E-state index in [1.807, 2.05) is 0 Å². The van der Waals surface area contributed by atoms with Crippen LogP contribution in [0.3, 0.4) is 0 Å². The lowest BCUT2D eigenvalue weighted by molar-refractivity contribution is -0.153. The molecule has 1 aromatic heterocycles. The lowest BCUT2D eigenvalue weighted by atomic mass is 9.98. The first-order chi connectivity index (χ1) is 17.3. The Morgan fingerprint density at radius 3 is 2.21 bits per heavy atom. The molecular weight excluding hydrogens is 524 g/mol. The summed E-state index contributed by atoms with van der Waals surface area (Å²) in [6, 6.07) is -0.936. The summed E-state index contributed by atoms with van der Waals surface area (Å²) in [5.74, 6) is -2.26. The van der Waals surface area contributed by atoms with Crippen molar-refractivity contribution in [2.45, 2.75) is 77.2 Å². The molecule has 0 saturated heterocycles. The van der Waals surface area contributed by atoms with Crippen molar-refractivity contribution < 1.29 is 46.1 Å². The van der Waals surface area contributed by atoms with Crippen molar-refractivity contribution in [2.24, 2.45) is 0 Å². The van der Waals surface area contributed by atoms with E-state index in [1.165, 1.54) is 15.9 Å². The zero-order chi connectivity index (χ0) is 28.8. The average Bonchev–Trinajstić information content (AvgIpc) is 3.06. The second-order valence-electron chi connectivity index (χ2n) is 10.4. The quantitative estimate of drug-likeness (QED) is 0.519. The molecule has 212 valence electrons. The molecule has 0 fully saturated rings. The molecule has 0 saturated carbocycles. The number of aliphatic hydroxyl groups excluding tert-OH is 1. The molecule has 2 aliphatic rings. The number of carboxylic acid groups (broad SMARTS) is 1. The number of rotatable bonds is 6. The number of hydrogen-bond acceptors (Lipinski definition) is 6. The van der Waals surface area contributed by atoms with Crippen molar-refractivity contribution in [3.63, 3.8) is 0 Å². The van der Waals surface area contributed by atoms with E-state index >= 15 is 0 Å². The summed E-state index contributed by atoms with van der Waals surface area (Å²) in [6.07, 6.45) is -12.3. The monoisotopic (exact) mass is 553 g/mol.